The lowest BCUT2D eigenvalue weighted by atomic mass is 9.94. The zero-order chi connectivity index (χ0) is 20.6. The minimum atomic E-state index is -0.420. The van der Waals surface area contributed by atoms with E-state index >= 15 is 0 Å². The molecule has 6 heteroatoms. The smallest absolute Gasteiger partial charge is 0.331 e. The van der Waals surface area contributed by atoms with E-state index in [0.717, 1.165) is 11.1 Å². The Morgan fingerprint density at radius 3 is 2.24 bits per heavy atom. The number of oxazole rings is 1. The van der Waals surface area contributed by atoms with Gasteiger partial charge < -0.3 is 13.9 Å². The quantitative estimate of drug-likeness (QED) is 0.443. The van der Waals surface area contributed by atoms with Crippen LogP contribution >= 0.6 is 0 Å². The molecule has 2 unspecified atom stereocenters. The summed E-state index contributed by atoms with van der Waals surface area (Å²) < 4.78 is 16.2. The van der Waals surface area contributed by atoms with Gasteiger partial charge in [-0.1, -0.05) is 36.4 Å². The molecule has 1 aliphatic rings. The Bertz CT molecular complexity index is 911. The van der Waals surface area contributed by atoms with Crippen LogP contribution in [-0.2, 0) is 31.9 Å². The van der Waals surface area contributed by atoms with Crippen LogP contribution < -0.4 is 0 Å². The summed E-state index contributed by atoms with van der Waals surface area (Å²) in [5.41, 5.74) is 2.77. The van der Waals surface area contributed by atoms with Crippen molar-refractivity contribution in [1.29, 1.82) is 0 Å². The molecule has 0 saturated carbocycles. The molecule has 2 atom stereocenters. The first-order valence-corrected chi connectivity index (χ1v) is 9.69. The number of esters is 2. The maximum Gasteiger partial charge on any atom is 0.331 e. The SMILES string of the molecule is CC(=O)OC1C/C=C\CC(OC(=O)/C=C/c2coc(C)n2)Cc2ccccc2C1. The van der Waals surface area contributed by atoms with Crippen molar-refractivity contribution < 1.29 is 23.5 Å². The Kier molecular flexibility index (Phi) is 7.00. The van der Waals surface area contributed by atoms with E-state index in [1.807, 2.05) is 36.4 Å². The van der Waals surface area contributed by atoms with Crippen molar-refractivity contribution in [2.24, 2.45) is 0 Å². The first kappa shape index (κ1) is 20.6. The summed E-state index contributed by atoms with van der Waals surface area (Å²) in [7, 11) is 0. The van der Waals surface area contributed by atoms with E-state index in [2.05, 4.69) is 4.98 Å². The van der Waals surface area contributed by atoms with Crippen molar-refractivity contribution in [3.8, 4) is 0 Å². The zero-order valence-corrected chi connectivity index (χ0v) is 16.7. The second-order valence-corrected chi connectivity index (χ2v) is 7.03. The highest BCUT2D eigenvalue weighted by atomic mass is 16.5. The molecule has 1 aromatic carbocycles. The van der Waals surface area contributed by atoms with Crippen LogP contribution in [-0.4, -0.2) is 29.1 Å². The molecular formula is C23H25NO5. The second kappa shape index (κ2) is 9.87. The summed E-state index contributed by atoms with van der Waals surface area (Å²) >= 11 is 0. The molecule has 0 fully saturated rings. The summed E-state index contributed by atoms with van der Waals surface area (Å²) in [6, 6.07) is 7.99. The number of aryl methyl sites for hydroxylation is 1. The van der Waals surface area contributed by atoms with Crippen LogP contribution in [0, 0.1) is 6.92 Å². The molecule has 3 rings (SSSR count). The predicted molar refractivity (Wildman–Crippen MR) is 108 cm³/mol. The fourth-order valence-electron chi connectivity index (χ4n) is 3.34. The van der Waals surface area contributed by atoms with Gasteiger partial charge in [-0.25, -0.2) is 9.78 Å². The molecule has 0 radical (unpaired) electrons. The van der Waals surface area contributed by atoms with Gasteiger partial charge in [-0.3, -0.25) is 4.79 Å². The fraction of sp³-hybridized carbons (Fsp3) is 0.348. The molecule has 6 nitrogen and oxygen atoms in total. The number of hydrogen-bond donors (Lipinski definition) is 0. The van der Waals surface area contributed by atoms with Crippen molar-refractivity contribution in [3.63, 3.8) is 0 Å². The minimum Gasteiger partial charge on any atom is -0.462 e. The van der Waals surface area contributed by atoms with Crippen LogP contribution in [0.4, 0.5) is 0 Å². The van der Waals surface area contributed by atoms with Crippen molar-refractivity contribution in [2.75, 3.05) is 0 Å². The van der Waals surface area contributed by atoms with Crippen molar-refractivity contribution in [2.45, 2.75) is 51.7 Å². The van der Waals surface area contributed by atoms with Gasteiger partial charge in [0.15, 0.2) is 5.89 Å². The summed E-state index contributed by atoms with van der Waals surface area (Å²) in [4.78, 5) is 27.8. The fourth-order valence-corrected chi connectivity index (χ4v) is 3.34. The van der Waals surface area contributed by atoms with Crippen LogP contribution in [0.25, 0.3) is 6.08 Å². The lowest BCUT2D eigenvalue weighted by Crippen LogP contribution is -2.23. The Morgan fingerprint density at radius 2 is 1.69 bits per heavy atom. The molecule has 1 aliphatic carbocycles. The maximum absolute atomic E-state index is 12.3. The molecular weight excluding hydrogens is 370 g/mol. The molecule has 1 heterocycles. The Labute approximate surface area is 170 Å². The third-order valence-corrected chi connectivity index (χ3v) is 4.62. The predicted octanol–water partition coefficient (Wildman–Crippen LogP) is 3.97. The van der Waals surface area contributed by atoms with Crippen LogP contribution in [0.3, 0.4) is 0 Å². The van der Waals surface area contributed by atoms with Crippen LogP contribution in [0.2, 0.25) is 0 Å². The number of rotatable bonds is 4. The van der Waals surface area contributed by atoms with Gasteiger partial charge >= 0.3 is 11.9 Å². The summed E-state index contributed by atoms with van der Waals surface area (Å²) in [6.45, 7) is 3.17. The van der Waals surface area contributed by atoms with Crippen molar-refractivity contribution >= 4 is 18.0 Å². The van der Waals surface area contributed by atoms with Gasteiger partial charge in [-0.2, -0.15) is 0 Å². The maximum atomic E-state index is 12.3. The van der Waals surface area contributed by atoms with Gasteiger partial charge in [-0.15, -0.1) is 0 Å². The Balaban J connectivity index is 1.71. The van der Waals surface area contributed by atoms with Crippen LogP contribution in [0.5, 0.6) is 0 Å². The summed E-state index contributed by atoms with van der Waals surface area (Å²) in [5, 5.41) is 0. The number of nitrogens with zero attached hydrogens (tertiary/aromatic N) is 1. The second-order valence-electron chi connectivity index (χ2n) is 7.03. The molecule has 152 valence electrons. The number of fused-ring (bicyclic) bond motifs is 1. The minimum absolute atomic E-state index is 0.196. The van der Waals surface area contributed by atoms with Crippen LogP contribution in [0.15, 0.2) is 53.2 Å². The lowest BCUT2D eigenvalue weighted by molar-refractivity contribution is -0.146. The van der Waals surface area contributed by atoms with E-state index in [0.29, 0.717) is 37.3 Å². The lowest BCUT2D eigenvalue weighted by Gasteiger charge is -2.22. The molecule has 0 N–H and O–H groups in total. The van der Waals surface area contributed by atoms with Gasteiger partial charge in [0.25, 0.3) is 0 Å². The van der Waals surface area contributed by atoms with E-state index < -0.39 is 5.97 Å². The van der Waals surface area contributed by atoms with Crippen LogP contribution in [0.1, 0.15) is 42.5 Å². The van der Waals surface area contributed by atoms with Gasteiger partial charge in [0, 0.05) is 45.6 Å². The normalized spacial score (nSPS) is 20.6. The molecule has 29 heavy (non-hydrogen) atoms. The number of aromatic nitrogens is 1. The molecule has 0 aliphatic heterocycles. The largest absolute Gasteiger partial charge is 0.462 e. The molecule has 2 aromatic rings. The summed E-state index contributed by atoms with van der Waals surface area (Å²) in [6.07, 6.45) is 10.3. The van der Waals surface area contributed by atoms with Gasteiger partial charge in [-0.05, 0) is 17.2 Å². The van der Waals surface area contributed by atoms with E-state index in [9.17, 15) is 9.59 Å². The standard InChI is InChI=1S/C23H25NO5/c1-16-24-20(15-27-16)11-12-23(26)29-22-10-6-5-9-21(28-17(2)25)13-18-7-3-4-8-19(18)14-22/h3-8,11-12,15,21-22H,9-10,13-14H2,1-2H3/b6-5-,12-11+. The van der Waals surface area contributed by atoms with Crippen molar-refractivity contribution in [1.82, 2.24) is 4.98 Å². The molecule has 0 saturated heterocycles. The molecule has 1 aromatic heterocycles. The average Bonchev–Trinajstić information content (AvgIpc) is 3.09. The molecule has 0 spiro atoms. The first-order chi connectivity index (χ1) is 14.0. The highest BCUT2D eigenvalue weighted by molar-refractivity contribution is 5.86. The van der Waals surface area contributed by atoms with E-state index in [1.54, 1.807) is 13.0 Å². The highest BCUT2D eigenvalue weighted by Gasteiger charge is 2.19. The molecule has 0 amide bonds. The highest BCUT2D eigenvalue weighted by Crippen LogP contribution is 2.21. The number of ether oxygens (including phenoxy) is 2. The van der Waals surface area contributed by atoms with Gasteiger partial charge in [0.1, 0.15) is 24.2 Å². The third kappa shape index (κ3) is 6.45. The van der Waals surface area contributed by atoms with E-state index in [4.69, 9.17) is 13.9 Å². The number of carbonyl (C=O) groups excluding carboxylic acids is 2. The van der Waals surface area contributed by atoms with Gasteiger partial charge in [0.2, 0.25) is 0 Å². The third-order valence-electron chi connectivity index (χ3n) is 4.62. The first-order valence-electron chi connectivity index (χ1n) is 9.69. The molecule has 0 bridgehead atoms. The Morgan fingerprint density at radius 1 is 1.07 bits per heavy atom. The number of benzene rings is 1. The van der Waals surface area contributed by atoms with Crippen molar-refractivity contribution in [3.05, 3.63) is 71.5 Å². The van der Waals surface area contributed by atoms with E-state index in [-0.39, 0.29) is 18.2 Å². The Hall–Kier alpha value is -3.15. The zero-order valence-electron chi connectivity index (χ0n) is 16.7. The monoisotopic (exact) mass is 395 g/mol. The van der Waals surface area contributed by atoms with Gasteiger partial charge in [0.05, 0.1) is 0 Å². The summed E-state index contributed by atoms with van der Waals surface area (Å²) in [5.74, 6) is -0.158. The number of hydrogen-bond acceptors (Lipinski definition) is 6. The topological polar surface area (TPSA) is 78.6 Å². The van der Waals surface area contributed by atoms with E-state index in [1.165, 1.54) is 19.3 Å². The number of carbonyl (C=O) groups is 2. The average molecular weight is 395 g/mol.